The fourth-order valence-electron chi connectivity index (χ4n) is 4.93. The Labute approximate surface area is 374 Å². The molecule has 0 fully saturated rings. The highest BCUT2D eigenvalue weighted by Crippen LogP contribution is 2.11. The Morgan fingerprint density at radius 1 is 0.413 bits per heavy atom. The number of ether oxygens (including phenoxy) is 14. The van der Waals surface area contributed by atoms with Crippen LogP contribution in [0.15, 0.2) is 54.6 Å². The average Bonchev–Trinajstić information content (AvgIpc) is 3.30. The number of hydrogen-bond donors (Lipinski definition) is 2. The molecule has 18 heteroatoms. The Balaban J connectivity index is 1.15. The largest absolute Gasteiger partial charge is 0.460 e. The maximum Gasteiger partial charge on any atom is 0.407 e. The Morgan fingerprint density at radius 3 is 1.16 bits per heavy atom. The number of unbranched alkanes of at least 4 members (excludes halogenated alkanes) is 1. The van der Waals surface area contributed by atoms with Crippen molar-refractivity contribution in [1.29, 1.82) is 0 Å². The smallest absolute Gasteiger partial charge is 0.407 e. The number of anilines is 1. The molecule has 2 rings (SSSR count). The standard InChI is InChI=1S/C45H74N2O16/c1-2-3-13-46-43-11-9-42(10-12-43)44(48)62-39-38-61-37-36-60-35-34-59-33-32-58-31-30-57-29-28-56-27-26-55-25-24-54-23-22-53-21-20-52-19-18-51-17-16-50-15-14-47-45(49)63-40-41-7-5-4-6-8-41/h4-12,46H,2-3,13-40H2,1H3,(H,47,49). The summed E-state index contributed by atoms with van der Waals surface area (Å²) in [4.78, 5) is 23.8. The van der Waals surface area contributed by atoms with Crippen LogP contribution in [0.25, 0.3) is 0 Å². The number of amides is 1. The molecule has 1 amide bonds. The fourth-order valence-corrected chi connectivity index (χ4v) is 4.93. The number of carbonyl (C=O) groups is 2. The van der Waals surface area contributed by atoms with Crippen LogP contribution >= 0.6 is 0 Å². The van der Waals surface area contributed by atoms with Crippen molar-refractivity contribution in [3.63, 3.8) is 0 Å². The zero-order valence-electron chi connectivity index (χ0n) is 37.4. The predicted octanol–water partition coefficient (Wildman–Crippen LogP) is 4.18. The van der Waals surface area contributed by atoms with Gasteiger partial charge in [-0.05, 0) is 36.2 Å². The monoisotopic (exact) mass is 899 g/mol. The molecule has 0 aliphatic heterocycles. The van der Waals surface area contributed by atoms with Gasteiger partial charge in [-0.1, -0.05) is 43.7 Å². The Kier molecular flexibility index (Phi) is 38.6. The van der Waals surface area contributed by atoms with Crippen molar-refractivity contribution < 1.29 is 75.9 Å². The molecule has 0 atom stereocenters. The highest BCUT2D eigenvalue weighted by molar-refractivity contribution is 5.89. The second-order valence-corrected chi connectivity index (χ2v) is 13.3. The predicted molar refractivity (Wildman–Crippen MR) is 235 cm³/mol. The number of esters is 1. The van der Waals surface area contributed by atoms with Crippen LogP contribution < -0.4 is 10.6 Å². The molecular weight excluding hydrogens is 824 g/mol. The second kappa shape index (κ2) is 43.7. The summed E-state index contributed by atoms with van der Waals surface area (Å²) in [5.41, 5.74) is 2.44. The van der Waals surface area contributed by atoms with Gasteiger partial charge in [-0.15, -0.1) is 0 Å². The van der Waals surface area contributed by atoms with Crippen molar-refractivity contribution in [3.8, 4) is 0 Å². The summed E-state index contributed by atoms with van der Waals surface area (Å²) in [7, 11) is 0. The molecule has 2 aromatic rings. The Bertz CT molecular complexity index is 1300. The molecule has 63 heavy (non-hydrogen) atoms. The Hall–Kier alpha value is -3.50. The molecule has 0 heterocycles. The Morgan fingerprint density at radius 2 is 0.778 bits per heavy atom. The van der Waals surface area contributed by atoms with Gasteiger partial charge in [0.25, 0.3) is 0 Å². The van der Waals surface area contributed by atoms with Gasteiger partial charge in [-0.3, -0.25) is 0 Å². The minimum Gasteiger partial charge on any atom is -0.460 e. The van der Waals surface area contributed by atoms with Crippen molar-refractivity contribution in [2.45, 2.75) is 26.4 Å². The fraction of sp³-hybridized carbons (Fsp3) is 0.689. The number of alkyl carbamates (subject to hydrolysis) is 1. The number of benzene rings is 2. The molecule has 360 valence electrons. The summed E-state index contributed by atoms with van der Waals surface area (Å²) < 4.78 is 76.2. The van der Waals surface area contributed by atoms with Gasteiger partial charge in [0.05, 0.1) is 164 Å². The molecule has 0 radical (unpaired) electrons. The third-order valence-corrected chi connectivity index (χ3v) is 8.26. The van der Waals surface area contributed by atoms with E-state index in [2.05, 4.69) is 17.6 Å². The molecule has 18 nitrogen and oxygen atoms in total. The van der Waals surface area contributed by atoms with Gasteiger partial charge in [-0.2, -0.15) is 0 Å². The molecule has 0 aliphatic rings. The summed E-state index contributed by atoms with van der Waals surface area (Å²) in [6.07, 6.45) is 1.76. The van der Waals surface area contributed by atoms with Crippen LogP contribution in [-0.4, -0.2) is 190 Å². The zero-order chi connectivity index (χ0) is 44.8. The first-order valence-corrected chi connectivity index (χ1v) is 22.1. The molecule has 2 aromatic carbocycles. The molecule has 0 bridgehead atoms. The maximum atomic E-state index is 12.2. The first kappa shape index (κ1) is 55.6. The summed E-state index contributed by atoms with van der Waals surface area (Å²) in [6.45, 7) is 14.7. The molecule has 0 spiro atoms. The van der Waals surface area contributed by atoms with E-state index in [-0.39, 0.29) is 19.2 Å². The molecule has 2 N–H and O–H groups in total. The van der Waals surface area contributed by atoms with Gasteiger partial charge in [0.2, 0.25) is 0 Å². The van der Waals surface area contributed by atoms with Crippen LogP contribution in [0.2, 0.25) is 0 Å². The van der Waals surface area contributed by atoms with Gasteiger partial charge in [-0.25, -0.2) is 9.59 Å². The van der Waals surface area contributed by atoms with E-state index in [1.807, 2.05) is 42.5 Å². The van der Waals surface area contributed by atoms with E-state index in [1.54, 1.807) is 12.1 Å². The molecule has 0 saturated heterocycles. The number of carbonyl (C=O) groups excluding carboxylic acids is 2. The van der Waals surface area contributed by atoms with Crippen molar-refractivity contribution in [3.05, 3.63) is 65.7 Å². The van der Waals surface area contributed by atoms with Crippen LogP contribution in [0.1, 0.15) is 35.7 Å². The quantitative estimate of drug-likeness (QED) is 0.0711. The molecule has 0 aliphatic carbocycles. The number of rotatable bonds is 46. The van der Waals surface area contributed by atoms with Crippen LogP contribution in [0.3, 0.4) is 0 Å². The lowest BCUT2D eigenvalue weighted by Gasteiger charge is -2.09. The zero-order valence-corrected chi connectivity index (χ0v) is 37.4. The normalized spacial score (nSPS) is 11.2. The van der Waals surface area contributed by atoms with Crippen LogP contribution in [0.4, 0.5) is 10.5 Å². The summed E-state index contributed by atoms with van der Waals surface area (Å²) in [5, 5.41) is 5.96. The van der Waals surface area contributed by atoms with Crippen molar-refractivity contribution in [2.24, 2.45) is 0 Å². The van der Waals surface area contributed by atoms with E-state index in [9.17, 15) is 9.59 Å². The van der Waals surface area contributed by atoms with Crippen molar-refractivity contribution in [2.75, 3.05) is 184 Å². The van der Waals surface area contributed by atoms with Crippen LogP contribution in [-0.2, 0) is 72.9 Å². The maximum absolute atomic E-state index is 12.2. The van der Waals surface area contributed by atoms with E-state index in [0.29, 0.717) is 171 Å². The SMILES string of the molecule is CCCCNc1ccc(C(=O)OCCOCCOCCOCCOCCOCCOCCOCCOCCOCCOCCOCCOCCNC(=O)OCc2ccccc2)cc1. The first-order chi connectivity index (χ1) is 31.2. The van der Waals surface area contributed by atoms with Gasteiger partial charge >= 0.3 is 12.1 Å². The first-order valence-electron chi connectivity index (χ1n) is 22.1. The third kappa shape index (κ3) is 36.5. The van der Waals surface area contributed by atoms with Gasteiger partial charge in [0.1, 0.15) is 13.2 Å². The van der Waals surface area contributed by atoms with Crippen molar-refractivity contribution >= 4 is 17.7 Å². The minimum atomic E-state index is -0.474. The lowest BCUT2D eigenvalue weighted by atomic mass is 10.2. The van der Waals surface area contributed by atoms with Crippen LogP contribution in [0, 0.1) is 0 Å². The highest BCUT2D eigenvalue weighted by Gasteiger charge is 2.07. The lowest BCUT2D eigenvalue weighted by molar-refractivity contribution is -0.0287. The van der Waals surface area contributed by atoms with E-state index in [4.69, 9.17) is 66.3 Å². The molecular formula is C45H74N2O16. The number of hydrogen-bond acceptors (Lipinski definition) is 17. The van der Waals surface area contributed by atoms with E-state index in [1.165, 1.54) is 0 Å². The van der Waals surface area contributed by atoms with E-state index >= 15 is 0 Å². The van der Waals surface area contributed by atoms with Crippen molar-refractivity contribution in [1.82, 2.24) is 5.32 Å². The topological polar surface area (TPSA) is 187 Å². The second-order valence-electron chi connectivity index (χ2n) is 13.3. The average molecular weight is 899 g/mol. The number of nitrogens with one attached hydrogen (secondary N) is 2. The summed E-state index contributed by atoms with van der Waals surface area (Å²) in [5.74, 6) is -0.366. The highest BCUT2D eigenvalue weighted by atomic mass is 16.6. The summed E-state index contributed by atoms with van der Waals surface area (Å²) >= 11 is 0. The molecule has 0 unspecified atom stereocenters. The lowest BCUT2D eigenvalue weighted by Crippen LogP contribution is -2.28. The summed E-state index contributed by atoms with van der Waals surface area (Å²) in [6, 6.07) is 16.8. The third-order valence-electron chi connectivity index (χ3n) is 8.26. The van der Waals surface area contributed by atoms with Gasteiger partial charge < -0.3 is 76.9 Å². The molecule has 0 aromatic heterocycles. The molecule has 0 saturated carbocycles. The minimum absolute atomic E-state index is 0.183. The van der Waals surface area contributed by atoms with E-state index in [0.717, 1.165) is 30.6 Å². The van der Waals surface area contributed by atoms with Crippen LogP contribution in [0.5, 0.6) is 0 Å². The van der Waals surface area contributed by atoms with E-state index < -0.39 is 6.09 Å². The van der Waals surface area contributed by atoms with Gasteiger partial charge in [0.15, 0.2) is 0 Å². The van der Waals surface area contributed by atoms with Gasteiger partial charge in [0, 0.05) is 18.8 Å².